The van der Waals surface area contributed by atoms with Crippen LogP contribution in [0.1, 0.15) is 5.56 Å². The molecule has 0 N–H and O–H groups in total. The SMILES string of the molecule is C=CC(=O)OCCOCCOCCOc1ccc2cc(OCCc3ccccc3)ccc2c1. The predicted molar refractivity (Wildman–Crippen MR) is 128 cm³/mol. The smallest absolute Gasteiger partial charge is 0.330 e. The number of hydrogen-bond acceptors (Lipinski definition) is 6. The van der Waals surface area contributed by atoms with Gasteiger partial charge in [-0.05, 0) is 40.6 Å². The van der Waals surface area contributed by atoms with Crippen LogP contribution in [-0.2, 0) is 25.4 Å². The number of esters is 1. The first-order chi connectivity index (χ1) is 16.2. The molecule has 6 nitrogen and oxygen atoms in total. The Morgan fingerprint density at radius 3 is 1.91 bits per heavy atom. The Kier molecular flexibility index (Phi) is 10.3. The van der Waals surface area contributed by atoms with Crippen LogP contribution in [-0.4, -0.2) is 52.2 Å². The van der Waals surface area contributed by atoms with Crippen molar-refractivity contribution < 1.29 is 28.5 Å². The average molecular weight is 451 g/mol. The molecule has 174 valence electrons. The van der Waals surface area contributed by atoms with Crippen molar-refractivity contribution in [1.29, 1.82) is 0 Å². The molecule has 0 bridgehead atoms. The molecule has 0 aliphatic carbocycles. The van der Waals surface area contributed by atoms with Gasteiger partial charge in [0, 0.05) is 12.5 Å². The number of carbonyl (C=O) groups is 1. The lowest BCUT2D eigenvalue weighted by Gasteiger charge is -2.10. The second-order valence-corrected chi connectivity index (χ2v) is 7.20. The highest BCUT2D eigenvalue weighted by molar-refractivity contribution is 5.85. The van der Waals surface area contributed by atoms with Crippen molar-refractivity contribution in [3.63, 3.8) is 0 Å². The molecule has 3 rings (SSSR count). The van der Waals surface area contributed by atoms with E-state index in [4.69, 9.17) is 23.7 Å². The number of rotatable bonds is 15. The summed E-state index contributed by atoms with van der Waals surface area (Å²) in [4.78, 5) is 10.9. The van der Waals surface area contributed by atoms with E-state index < -0.39 is 5.97 Å². The van der Waals surface area contributed by atoms with Crippen molar-refractivity contribution in [2.24, 2.45) is 0 Å². The number of carbonyl (C=O) groups excluding carboxylic acids is 1. The monoisotopic (exact) mass is 450 g/mol. The van der Waals surface area contributed by atoms with E-state index in [0.29, 0.717) is 39.6 Å². The third-order valence-corrected chi connectivity index (χ3v) is 4.79. The van der Waals surface area contributed by atoms with Crippen LogP contribution in [0.2, 0.25) is 0 Å². The van der Waals surface area contributed by atoms with Crippen LogP contribution in [0.3, 0.4) is 0 Å². The zero-order valence-electron chi connectivity index (χ0n) is 18.7. The van der Waals surface area contributed by atoms with Gasteiger partial charge in [0.25, 0.3) is 0 Å². The Balaban J connectivity index is 1.31. The van der Waals surface area contributed by atoms with Crippen LogP contribution in [0.25, 0.3) is 10.8 Å². The molecule has 0 saturated heterocycles. The minimum Gasteiger partial charge on any atom is -0.493 e. The van der Waals surface area contributed by atoms with Crippen LogP contribution >= 0.6 is 0 Å². The highest BCUT2D eigenvalue weighted by Crippen LogP contribution is 2.25. The van der Waals surface area contributed by atoms with Crippen LogP contribution in [0.5, 0.6) is 11.5 Å². The van der Waals surface area contributed by atoms with Gasteiger partial charge in [0.2, 0.25) is 0 Å². The van der Waals surface area contributed by atoms with Gasteiger partial charge in [-0.3, -0.25) is 0 Å². The van der Waals surface area contributed by atoms with Crippen molar-refractivity contribution in [1.82, 2.24) is 0 Å². The normalized spacial score (nSPS) is 10.7. The van der Waals surface area contributed by atoms with Crippen molar-refractivity contribution in [2.45, 2.75) is 6.42 Å². The summed E-state index contributed by atoms with van der Waals surface area (Å²) in [6.45, 7) is 6.29. The maximum Gasteiger partial charge on any atom is 0.330 e. The molecule has 0 amide bonds. The summed E-state index contributed by atoms with van der Waals surface area (Å²) >= 11 is 0. The summed E-state index contributed by atoms with van der Waals surface area (Å²) < 4.78 is 27.3. The lowest BCUT2D eigenvalue weighted by atomic mass is 10.1. The van der Waals surface area contributed by atoms with E-state index in [1.807, 2.05) is 54.6 Å². The van der Waals surface area contributed by atoms with E-state index in [-0.39, 0.29) is 6.61 Å². The third-order valence-electron chi connectivity index (χ3n) is 4.79. The molecular formula is C27H30O6. The van der Waals surface area contributed by atoms with Gasteiger partial charge in [-0.1, -0.05) is 49.0 Å². The quantitative estimate of drug-likeness (QED) is 0.192. The molecule has 0 aliphatic heterocycles. The van der Waals surface area contributed by atoms with E-state index >= 15 is 0 Å². The van der Waals surface area contributed by atoms with Gasteiger partial charge in [0.05, 0.1) is 33.0 Å². The van der Waals surface area contributed by atoms with Gasteiger partial charge in [0.1, 0.15) is 24.7 Å². The average Bonchev–Trinajstić information content (AvgIpc) is 2.85. The van der Waals surface area contributed by atoms with E-state index in [9.17, 15) is 4.79 Å². The molecule has 0 saturated carbocycles. The maximum absolute atomic E-state index is 10.9. The molecule has 0 atom stereocenters. The number of fused-ring (bicyclic) bond motifs is 1. The van der Waals surface area contributed by atoms with E-state index in [2.05, 4.69) is 18.7 Å². The summed E-state index contributed by atoms with van der Waals surface area (Å²) in [5, 5.41) is 2.20. The zero-order valence-corrected chi connectivity index (χ0v) is 18.7. The van der Waals surface area contributed by atoms with Crippen molar-refractivity contribution in [3.8, 4) is 11.5 Å². The minimum absolute atomic E-state index is 0.206. The summed E-state index contributed by atoms with van der Waals surface area (Å²) in [6, 6.07) is 22.4. The van der Waals surface area contributed by atoms with Gasteiger partial charge in [0.15, 0.2) is 0 Å². The number of hydrogen-bond donors (Lipinski definition) is 0. The molecule has 3 aromatic rings. The van der Waals surface area contributed by atoms with Crippen molar-refractivity contribution in [3.05, 3.63) is 84.9 Å². The minimum atomic E-state index is -0.451. The maximum atomic E-state index is 10.9. The summed E-state index contributed by atoms with van der Waals surface area (Å²) in [5.41, 5.74) is 1.27. The largest absolute Gasteiger partial charge is 0.493 e. The Morgan fingerprint density at radius 2 is 1.27 bits per heavy atom. The molecule has 0 aliphatic rings. The molecule has 0 fully saturated rings. The fourth-order valence-electron chi connectivity index (χ4n) is 3.11. The number of ether oxygens (including phenoxy) is 5. The van der Waals surface area contributed by atoms with Crippen molar-refractivity contribution in [2.75, 3.05) is 46.2 Å². The molecule has 33 heavy (non-hydrogen) atoms. The topological polar surface area (TPSA) is 63.2 Å². The second kappa shape index (κ2) is 13.9. The second-order valence-electron chi connectivity index (χ2n) is 7.20. The van der Waals surface area contributed by atoms with Crippen LogP contribution in [0, 0.1) is 0 Å². The Hall–Kier alpha value is -3.35. The highest BCUT2D eigenvalue weighted by atomic mass is 16.6. The molecule has 6 heteroatoms. The fraction of sp³-hybridized carbons (Fsp3) is 0.296. The van der Waals surface area contributed by atoms with E-state index in [0.717, 1.165) is 34.8 Å². The van der Waals surface area contributed by atoms with E-state index in [1.165, 1.54) is 5.56 Å². The van der Waals surface area contributed by atoms with Crippen molar-refractivity contribution >= 4 is 16.7 Å². The Morgan fingerprint density at radius 1 is 0.697 bits per heavy atom. The summed E-state index contributed by atoms with van der Waals surface area (Å²) in [5.74, 6) is 1.21. The summed E-state index contributed by atoms with van der Waals surface area (Å²) in [6.07, 6.45) is 2.00. The van der Waals surface area contributed by atoms with Gasteiger partial charge >= 0.3 is 5.97 Å². The van der Waals surface area contributed by atoms with Crippen LogP contribution in [0.15, 0.2) is 79.4 Å². The van der Waals surface area contributed by atoms with Crippen LogP contribution < -0.4 is 9.47 Å². The molecular weight excluding hydrogens is 420 g/mol. The first-order valence-electron chi connectivity index (χ1n) is 11.0. The first kappa shape index (κ1) is 24.3. The van der Waals surface area contributed by atoms with E-state index in [1.54, 1.807) is 0 Å². The van der Waals surface area contributed by atoms with Gasteiger partial charge in [-0.25, -0.2) is 4.79 Å². The zero-order chi connectivity index (χ0) is 23.1. The Labute approximate surface area is 194 Å². The molecule has 0 heterocycles. The third kappa shape index (κ3) is 8.96. The molecule has 3 aromatic carbocycles. The predicted octanol–water partition coefficient (Wildman–Crippen LogP) is 4.60. The van der Waals surface area contributed by atoms with Gasteiger partial charge < -0.3 is 23.7 Å². The standard InChI is InChI=1S/C27H30O6/c1-2-27(28)33-19-17-30-15-14-29-16-18-32-26-11-9-23-20-25(10-8-24(23)21-26)31-13-12-22-6-4-3-5-7-22/h2-11,20-21H,1,12-19H2. The first-order valence-corrected chi connectivity index (χ1v) is 11.0. The van der Waals surface area contributed by atoms with Gasteiger partial charge in [-0.2, -0.15) is 0 Å². The molecule has 0 radical (unpaired) electrons. The Bertz CT molecular complexity index is 1000. The lowest BCUT2D eigenvalue weighted by Crippen LogP contribution is -2.13. The summed E-state index contributed by atoms with van der Waals surface area (Å²) in [7, 11) is 0. The molecule has 0 spiro atoms. The molecule has 0 aromatic heterocycles. The highest BCUT2D eigenvalue weighted by Gasteiger charge is 2.02. The molecule has 0 unspecified atom stereocenters. The fourth-order valence-corrected chi connectivity index (χ4v) is 3.11. The number of benzene rings is 3. The van der Waals surface area contributed by atoms with Gasteiger partial charge in [-0.15, -0.1) is 0 Å². The lowest BCUT2D eigenvalue weighted by molar-refractivity contribution is -0.139. The van der Waals surface area contributed by atoms with Crippen LogP contribution in [0.4, 0.5) is 0 Å².